The maximum absolute atomic E-state index is 11.5. The number of carboxylic acid groups (broad SMARTS) is 2. The van der Waals surface area contributed by atoms with Crippen LogP contribution in [0.1, 0.15) is 39.0 Å². The maximum atomic E-state index is 11.5. The molecule has 1 amide bonds. The summed E-state index contributed by atoms with van der Waals surface area (Å²) >= 11 is 0. The highest BCUT2D eigenvalue weighted by Gasteiger charge is 2.22. The minimum absolute atomic E-state index is 0.0126. The largest absolute Gasteiger partial charge is 0.481 e. The number of unbranched alkanes of at least 4 members (excludes halogenated alkanes) is 1. The molecule has 0 aliphatic rings. The fraction of sp³-hybridized carbons (Fsp3) is 0.727. The summed E-state index contributed by atoms with van der Waals surface area (Å²) in [6.45, 7) is 1.92. The molecule has 0 rings (SSSR count). The van der Waals surface area contributed by atoms with Gasteiger partial charge >= 0.3 is 11.9 Å². The summed E-state index contributed by atoms with van der Waals surface area (Å²) in [5.41, 5.74) is 5.47. The molecule has 7 nitrogen and oxygen atoms in total. The summed E-state index contributed by atoms with van der Waals surface area (Å²) in [6.07, 6.45) is 1.61. The minimum atomic E-state index is -1.11. The number of hydrogen-bond acceptors (Lipinski definition) is 4. The Balaban J connectivity index is 4.22. The molecule has 0 fully saturated rings. The lowest BCUT2D eigenvalue weighted by molar-refractivity contribution is -0.142. The highest BCUT2D eigenvalue weighted by Crippen LogP contribution is 2.02. The van der Waals surface area contributed by atoms with E-state index in [1.54, 1.807) is 0 Å². The van der Waals surface area contributed by atoms with E-state index in [1.807, 2.05) is 6.92 Å². The van der Waals surface area contributed by atoms with Crippen molar-refractivity contribution in [2.24, 2.45) is 5.73 Å². The second-order valence-corrected chi connectivity index (χ2v) is 4.08. The van der Waals surface area contributed by atoms with Gasteiger partial charge in [0.05, 0.1) is 6.04 Å². The van der Waals surface area contributed by atoms with Crippen molar-refractivity contribution in [1.29, 1.82) is 0 Å². The van der Waals surface area contributed by atoms with Crippen molar-refractivity contribution in [2.75, 3.05) is 0 Å². The topological polar surface area (TPSA) is 130 Å². The molecule has 0 bridgehead atoms. The van der Waals surface area contributed by atoms with Gasteiger partial charge in [-0.2, -0.15) is 0 Å². The fourth-order valence-corrected chi connectivity index (χ4v) is 1.35. The quantitative estimate of drug-likeness (QED) is 0.459. The van der Waals surface area contributed by atoms with Gasteiger partial charge in [0.25, 0.3) is 0 Å². The van der Waals surface area contributed by atoms with Crippen molar-refractivity contribution in [3.63, 3.8) is 0 Å². The number of carboxylic acids is 2. The van der Waals surface area contributed by atoms with E-state index in [0.29, 0.717) is 12.8 Å². The summed E-state index contributed by atoms with van der Waals surface area (Å²) in [5.74, 6) is -2.78. The van der Waals surface area contributed by atoms with E-state index in [0.717, 1.165) is 6.42 Å². The van der Waals surface area contributed by atoms with Crippen LogP contribution in [0.25, 0.3) is 0 Å². The van der Waals surface area contributed by atoms with Gasteiger partial charge in [0.2, 0.25) is 5.91 Å². The van der Waals surface area contributed by atoms with E-state index in [4.69, 9.17) is 15.9 Å². The van der Waals surface area contributed by atoms with E-state index < -0.39 is 29.9 Å². The normalized spacial score (nSPS) is 13.7. The van der Waals surface area contributed by atoms with Gasteiger partial charge in [-0.25, -0.2) is 4.79 Å². The maximum Gasteiger partial charge on any atom is 0.326 e. The average molecular weight is 260 g/mol. The number of carbonyl (C=O) groups is 3. The van der Waals surface area contributed by atoms with Crippen LogP contribution in [0.2, 0.25) is 0 Å². The summed E-state index contributed by atoms with van der Waals surface area (Å²) in [7, 11) is 0. The first kappa shape index (κ1) is 16.4. The molecule has 0 saturated heterocycles. The van der Waals surface area contributed by atoms with Crippen LogP contribution in [0.15, 0.2) is 0 Å². The lowest BCUT2D eigenvalue weighted by atomic mass is 10.1. The Labute approximate surface area is 105 Å². The van der Waals surface area contributed by atoms with Gasteiger partial charge in [-0.05, 0) is 12.8 Å². The third-order valence-electron chi connectivity index (χ3n) is 2.47. The zero-order valence-corrected chi connectivity index (χ0v) is 10.4. The Morgan fingerprint density at radius 3 is 2.28 bits per heavy atom. The van der Waals surface area contributed by atoms with E-state index in [1.165, 1.54) is 0 Å². The van der Waals surface area contributed by atoms with Gasteiger partial charge in [-0.15, -0.1) is 0 Å². The van der Waals surface area contributed by atoms with E-state index in [9.17, 15) is 14.4 Å². The third-order valence-corrected chi connectivity index (χ3v) is 2.47. The second-order valence-electron chi connectivity index (χ2n) is 4.08. The first-order valence-corrected chi connectivity index (χ1v) is 5.89. The van der Waals surface area contributed by atoms with E-state index in [2.05, 4.69) is 5.32 Å². The molecule has 0 saturated carbocycles. The molecule has 0 aliphatic heterocycles. The molecule has 18 heavy (non-hydrogen) atoms. The molecule has 0 spiro atoms. The Bertz CT molecular complexity index is 306. The molecule has 7 heteroatoms. The van der Waals surface area contributed by atoms with Crippen molar-refractivity contribution in [1.82, 2.24) is 5.32 Å². The van der Waals surface area contributed by atoms with E-state index in [-0.39, 0.29) is 12.8 Å². The van der Waals surface area contributed by atoms with Gasteiger partial charge in [0, 0.05) is 6.42 Å². The van der Waals surface area contributed by atoms with Gasteiger partial charge < -0.3 is 21.3 Å². The van der Waals surface area contributed by atoms with Crippen LogP contribution >= 0.6 is 0 Å². The van der Waals surface area contributed by atoms with Crippen molar-refractivity contribution < 1.29 is 24.6 Å². The summed E-state index contributed by atoms with van der Waals surface area (Å²) in [4.78, 5) is 32.7. The fourth-order valence-electron chi connectivity index (χ4n) is 1.35. The third kappa shape index (κ3) is 6.85. The van der Waals surface area contributed by atoms with Gasteiger partial charge in [0.1, 0.15) is 6.04 Å². The molecule has 2 atom stereocenters. The number of aliphatic carboxylic acids is 2. The molecular weight excluding hydrogens is 240 g/mol. The van der Waals surface area contributed by atoms with Crippen LogP contribution in [-0.4, -0.2) is 40.1 Å². The first-order valence-electron chi connectivity index (χ1n) is 5.89. The Morgan fingerprint density at radius 2 is 1.83 bits per heavy atom. The molecule has 0 aliphatic carbocycles. The second kappa shape index (κ2) is 8.46. The highest BCUT2D eigenvalue weighted by atomic mass is 16.4. The molecule has 0 aromatic rings. The van der Waals surface area contributed by atoms with Crippen LogP contribution in [-0.2, 0) is 14.4 Å². The first-order chi connectivity index (χ1) is 8.38. The summed E-state index contributed by atoms with van der Waals surface area (Å²) < 4.78 is 0. The predicted octanol–water partition coefficient (Wildman–Crippen LogP) is -0.0619. The van der Waals surface area contributed by atoms with Gasteiger partial charge in [-0.1, -0.05) is 19.8 Å². The van der Waals surface area contributed by atoms with Crippen LogP contribution in [0, 0.1) is 0 Å². The molecule has 0 aromatic heterocycles. The highest BCUT2D eigenvalue weighted by molar-refractivity contribution is 5.87. The van der Waals surface area contributed by atoms with Crippen molar-refractivity contribution in [3.05, 3.63) is 0 Å². The Hall–Kier alpha value is -1.63. The van der Waals surface area contributed by atoms with Gasteiger partial charge in [0.15, 0.2) is 0 Å². The minimum Gasteiger partial charge on any atom is -0.481 e. The Kier molecular flexibility index (Phi) is 7.69. The summed E-state index contributed by atoms with van der Waals surface area (Å²) in [5, 5.41) is 19.7. The standard InChI is InChI=1S/C11H20N2O5/c1-2-3-4-8(11(17)18)13-10(16)7(12)5-6-9(14)15/h7-8H,2-6,12H2,1H3,(H,13,16)(H,14,15)(H,17,18). The molecular formula is C11H20N2O5. The molecule has 2 unspecified atom stereocenters. The number of amides is 1. The SMILES string of the molecule is CCCCC(NC(=O)C(N)CCC(=O)O)C(=O)O. The zero-order valence-electron chi connectivity index (χ0n) is 10.4. The summed E-state index contributed by atoms with van der Waals surface area (Å²) in [6, 6.07) is -1.96. The molecule has 104 valence electrons. The zero-order chi connectivity index (χ0) is 14.1. The molecule has 0 radical (unpaired) electrons. The number of nitrogens with one attached hydrogen (secondary N) is 1. The average Bonchev–Trinajstić information content (AvgIpc) is 2.30. The monoisotopic (exact) mass is 260 g/mol. The number of rotatable bonds is 9. The molecule has 5 N–H and O–H groups in total. The van der Waals surface area contributed by atoms with Crippen LogP contribution in [0.3, 0.4) is 0 Å². The van der Waals surface area contributed by atoms with Crippen molar-refractivity contribution in [3.8, 4) is 0 Å². The predicted molar refractivity (Wildman–Crippen MR) is 63.9 cm³/mol. The lowest BCUT2D eigenvalue weighted by Crippen LogP contribution is -2.48. The van der Waals surface area contributed by atoms with Crippen LogP contribution < -0.4 is 11.1 Å². The van der Waals surface area contributed by atoms with Crippen molar-refractivity contribution >= 4 is 17.8 Å². The Morgan fingerprint density at radius 1 is 1.22 bits per heavy atom. The smallest absolute Gasteiger partial charge is 0.326 e. The molecule has 0 aromatic carbocycles. The van der Waals surface area contributed by atoms with Crippen LogP contribution in [0.5, 0.6) is 0 Å². The van der Waals surface area contributed by atoms with Gasteiger partial charge in [-0.3, -0.25) is 9.59 Å². The van der Waals surface area contributed by atoms with E-state index >= 15 is 0 Å². The number of hydrogen-bond donors (Lipinski definition) is 4. The van der Waals surface area contributed by atoms with Crippen LogP contribution in [0.4, 0.5) is 0 Å². The van der Waals surface area contributed by atoms with Crippen molar-refractivity contribution in [2.45, 2.75) is 51.1 Å². The lowest BCUT2D eigenvalue weighted by Gasteiger charge is -2.17. The number of nitrogens with two attached hydrogens (primary N) is 1. The number of carbonyl (C=O) groups excluding carboxylic acids is 1. The molecule has 0 heterocycles.